The molecule has 27 heavy (non-hydrogen) atoms. The van der Waals surface area contributed by atoms with E-state index >= 15 is 0 Å². The Hall–Kier alpha value is -1.68. The molecule has 2 atom stereocenters. The minimum Gasteiger partial charge on any atom is -0.480 e. The number of carboxylic acids is 1. The molecule has 1 aromatic rings. The van der Waals surface area contributed by atoms with Crippen LogP contribution in [0.1, 0.15) is 25.8 Å². The van der Waals surface area contributed by atoms with Gasteiger partial charge in [0.2, 0.25) is 5.91 Å². The fourth-order valence-corrected chi connectivity index (χ4v) is 3.18. The highest BCUT2D eigenvalue weighted by molar-refractivity contribution is 7.90. The lowest BCUT2D eigenvalue weighted by atomic mass is 10.2. The number of carboxylic acid groups (broad SMARTS) is 1. The number of amides is 1. The summed E-state index contributed by atoms with van der Waals surface area (Å²) in [6.07, 6.45) is 2.91. The third-order valence-electron chi connectivity index (χ3n) is 3.51. The summed E-state index contributed by atoms with van der Waals surface area (Å²) in [4.78, 5) is 27.6. The van der Waals surface area contributed by atoms with Gasteiger partial charge in [-0.3, -0.25) is 13.8 Å². The van der Waals surface area contributed by atoms with Gasteiger partial charge in [0.15, 0.2) is 0 Å². The van der Waals surface area contributed by atoms with Gasteiger partial charge in [-0.25, -0.2) is 4.99 Å². The number of allylic oxidation sites excluding steroid dienone is 1. The molecule has 1 aromatic carbocycles. The van der Waals surface area contributed by atoms with E-state index in [0.717, 1.165) is 0 Å². The molecule has 1 rings (SSSR count). The van der Waals surface area contributed by atoms with Crippen LogP contribution in [-0.2, 0) is 20.4 Å². The first kappa shape index (κ1) is 23.4. The van der Waals surface area contributed by atoms with Crippen molar-refractivity contribution in [3.8, 4) is 0 Å². The third kappa shape index (κ3) is 7.84. The van der Waals surface area contributed by atoms with Crippen molar-refractivity contribution in [2.75, 3.05) is 12.8 Å². The second-order valence-electron chi connectivity index (χ2n) is 5.62. The standard InChI is InChI=1S/C17H22ClN3O4S2/c1-10(16(26)12-4-5-13(18)14(8-12)27(3)25)20-9-21-15(22)6-7-19-11(2)17(23)24/h4-5,8-9,11,19,26H,6-7H2,1-3H3,(H,23,24)(H,20,21,22)/b16-10-. The van der Waals surface area contributed by atoms with Crippen LogP contribution in [-0.4, -0.2) is 46.4 Å². The number of hydrogen-bond acceptors (Lipinski definition) is 6. The molecule has 0 bridgehead atoms. The maximum Gasteiger partial charge on any atom is 0.320 e. The third-order valence-corrected chi connectivity index (χ3v) is 5.49. The van der Waals surface area contributed by atoms with Gasteiger partial charge in [0, 0.05) is 24.1 Å². The van der Waals surface area contributed by atoms with Gasteiger partial charge >= 0.3 is 5.97 Å². The Bertz CT molecular complexity index is 796. The Morgan fingerprint density at radius 1 is 1.44 bits per heavy atom. The Morgan fingerprint density at radius 3 is 2.70 bits per heavy atom. The molecule has 0 radical (unpaired) electrons. The first-order valence-electron chi connectivity index (χ1n) is 7.94. The second kappa shape index (κ2) is 11.2. The van der Waals surface area contributed by atoms with Crippen LogP contribution in [0.2, 0.25) is 5.02 Å². The summed E-state index contributed by atoms with van der Waals surface area (Å²) in [5.74, 6) is -1.27. The van der Waals surface area contributed by atoms with Crippen molar-refractivity contribution in [1.29, 1.82) is 0 Å². The van der Waals surface area contributed by atoms with E-state index in [1.165, 1.54) is 13.3 Å². The normalized spacial score (nSPS) is 14.6. The van der Waals surface area contributed by atoms with Crippen molar-refractivity contribution in [3.63, 3.8) is 0 Å². The summed E-state index contributed by atoms with van der Waals surface area (Å²) in [7, 11) is -1.23. The number of benzene rings is 1. The fraction of sp³-hybridized carbons (Fsp3) is 0.353. The molecule has 2 unspecified atom stereocenters. The molecule has 3 N–H and O–H groups in total. The number of aliphatic carboxylic acids is 1. The minimum absolute atomic E-state index is 0.114. The number of carbonyl (C=O) groups is 2. The van der Waals surface area contributed by atoms with Crippen LogP contribution in [0.3, 0.4) is 0 Å². The van der Waals surface area contributed by atoms with Gasteiger partial charge in [-0.05, 0) is 31.5 Å². The molecule has 0 aliphatic carbocycles. The quantitative estimate of drug-likeness (QED) is 0.272. The van der Waals surface area contributed by atoms with Gasteiger partial charge in [0.25, 0.3) is 0 Å². The maximum absolute atomic E-state index is 11.7. The van der Waals surface area contributed by atoms with Crippen molar-refractivity contribution < 1.29 is 18.9 Å². The van der Waals surface area contributed by atoms with E-state index in [1.807, 2.05) is 0 Å². The lowest BCUT2D eigenvalue weighted by molar-refractivity contribution is -0.139. The Balaban J connectivity index is 2.67. The number of rotatable bonds is 9. The fourth-order valence-electron chi connectivity index (χ4n) is 1.90. The molecule has 0 heterocycles. The number of nitrogens with one attached hydrogen (secondary N) is 2. The second-order valence-corrected chi connectivity index (χ2v) is 7.83. The predicted molar refractivity (Wildman–Crippen MR) is 112 cm³/mol. The van der Waals surface area contributed by atoms with E-state index in [9.17, 15) is 13.8 Å². The van der Waals surface area contributed by atoms with Crippen LogP contribution in [0.5, 0.6) is 0 Å². The SMILES string of the molecule is C/C(N=CNC(=O)CCNC(C)C(=O)O)=C(/S)c1ccc(Cl)c(S(C)=O)c1. The summed E-state index contributed by atoms with van der Waals surface area (Å²) in [5.41, 5.74) is 1.26. The molecular formula is C17H22ClN3O4S2. The zero-order chi connectivity index (χ0) is 20.6. The van der Waals surface area contributed by atoms with Gasteiger partial charge in [-0.2, -0.15) is 0 Å². The first-order chi connectivity index (χ1) is 12.6. The highest BCUT2D eigenvalue weighted by Crippen LogP contribution is 2.28. The van der Waals surface area contributed by atoms with Gasteiger partial charge < -0.3 is 15.7 Å². The van der Waals surface area contributed by atoms with Crippen molar-refractivity contribution in [2.45, 2.75) is 31.2 Å². The summed E-state index contributed by atoms with van der Waals surface area (Å²) in [6, 6.07) is 4.36. The van der Waals surface area contributed by atoms with Crippen molar-refractivity contribution in [1.82, 2.24) is 10.6 Å². The number of aliphatic imine (C=N–C) groups is 1. The molecule has 7 nitrogen and oxygen atoms in total. The first-order valence-corrected chi connectivity index (χ1v) is 10.3. The Labute approximate surface area is 171 Å². The molecule has 0 spiro atoms. The van der Waals surface area contributed by atoms with E-state index in [2.05, 4.69) is 28.3 Å². The summed E-state index contributed by atoms with van der Waals surface area (Å²) in [5, 5.41) is 14.4. The van der Waals surface area contributed by atoms with Crippen LogP contribution in [0.15, 0.2) is 33.8 Å². The average molecular weight is 432 g/mol. The molecule has 1 amide bonds. The molecule has 10 heteroatoms. The summed E-state index contributed by atoms with van der Waals surface area (Å²) in [6.45, 7) is 3.46. The van der Waals surface area contributed by atoms with E-state index < -0.39 is 22.8 Å². The maximum atomic E-state index is 11.7. The van der Waals surface area contributed by atoms with Gasteiger partial charge in [-0.1, -0.05) is 17.7 Å². The molecule has 0 aliphatic heterocycles. The zero-order valence-electron chi connectivity index (χ0n) is 15.2. The highest BCUT2D eigenvalue weighted by Gasteiger charge is 2.10. The lowest BCUT2D eigenvalue weighted by Crippen LogP contribution is -2.36. The molecule has 0 saturated heterocycles. The van der Waals surface area contributed by atoms with Crippen LogP contribution < -0.4 is 10.6 Å². The van der Waals surface area contributed by atoms with Gasteiger partial charge in [0.05, 0.1) is 32.8 Å². The topological polar surface area (TPSA) is 108 Å². The molecule has 0 saturated carbocycles. The summed E-state index contributed by atoms with van der Waals surface area (Å²) >= 11 is 10.5. The van der Waals surface area contributed by atoms with E-state index in [0.29, 0.717) is 26.1 Å². The number of nitrogens with zero attached hydrogens (tertiary/aromatic N) is 1. The number of halogens is 1. The molecule has 148 valence electrons. The van der Waals surface area contributed by atoms with Crippen LogP contribution in [0.25, 0.3) is 4.91 Å². The van der Waals surface area contributed by atoms with Gasteiger partial charge in [-0.15, -0.1) is 12.6 Å². The van der Waals surface area contributed by atoms with Crippen LogP contribution in [0.4, 0.5) is 0 Å². The Morgan fingerprint density at radius 2 is 2.11 bits per heavy atom. The zero-order valence-corrected chi connectivity index (χ0v) is 17.6. The van der Waals surface area contributed by atoms with E-state index in [1.54, 1.807) is 31.4 Å². The predicted octanol–water partition coefficient (Wildman–Crippen LogP) is 2.29. The highest BCUT2D eigenvalue weighted by atomic mass is 35.5. The smallest absolute Gasteiger partial charge is 0.320 e. The lowest BCUT2D eigenvalue weighted by Gasteiger charge is -2.08. The monoisotopic (exact) mass is 431 g/mol. The van der Waals surface area contributed by atoms with Gasteiger partial charge in [0.1, 0.15) is 6.04 Å². The van der Waals surface area contributed by atoms with Crippen molar-refractivity contribution >= 4 is 58.1 Å². The van der Waals surface area contributed by atoms with Crippen molar-refractivity contribution in [3.05, 3.63) is 34.5 Å². The van der Waals surface area contributed by atoms with E-state index in [4.69, 9.17) is 16.7 Å². The molecule has 0 aromatic heterocycles. The largest absolute Gasteiger partial charge is 0.480 e. The number of hydrogen-bond donors (Lipinski definition) is 4. The van der Waals surface area contributed by atoms with Crippen LogP contribution >= 0.6 is 24.2 Å². The molecule has 0 fully saturated rings. The minimum atomic E-state index is -1.23. The molecule has 0 aliphatic rings. The van der Waals surface area contributed by atoms with Crippen LogP contribution in [0, 0.1) is 0 Å². The number of carbonyl (C=O) groups excluding carboxylic acids is 1. The average Bonchev–Trinajstić information content (AvgIpc) is 2.60. The van der Waals surface area contributed by atoms with Crippen molar-refractivity contribution in [2.24, 2.45) is 4.99 Å². The summed E-state index contributed by atoms with van der Waals surface area (Å²) < 4.78 is 11.7. The number of thiol groups is 1. The Kier molecular flexibility index (Phi) is 9.71. The molecular weight excluding hydrogens is 410 g/mol. The van der Waals surface area contributed by atoms with E-state index in [-0.39, 0.29) is 18.9 Å².